The van der Waals surface area contributed by atoms with Gasteiger partial charge in [0.15, 0.2) is 0 Å². The summed E-state index contributed by atoms with van der Waals surface area (Å²) >= 11 is 0. The highest BCUT2D eigenvalue weighted by atomic mass is 16.5. The highest BCUT2D eigenvalue weighted by Crippen LogP contribution is 2.62. The van der Waals surface area contributed by atoms with Crippen molar-refractivity contribution in [2.45, 2.75) is 5.41 Å². The maximum atomic E-state index is 6.67. The third kappa shape index (κ3) is 4.96. The van der Waals surface area contributed by atoms with Crippen molar-refractivity contribution in [3.63, 3.8) is 0 Å². The monoisotopic (exact) mass is 792 g/mol. The van der Waals surface area contributed by atoms with Crippen LogP contribution >= 0.6 is 0 Å². The van der Waals surface area contributed by atoms with Gasteiger partial charge in [0, 0.05) is 33.6 Å². The summed E-state index contributed by atoms with van der Waals surface area (Å²) in [5.41, 5.74) is 16.9. The highest BCUT2D eigenvalue weighted by Gasteiger charge is 2.51. The summed E-state index contributed by atoms with van der Waals surface area (Å²) in [5, 5.41) is 0. The molecule has 13 rings (SSSR count). The molecule has 0 bridgehead atoms. The Morgan fingerprint density at radius 1 is 0.339 bits per heavy atom. The van der Waals surface area contributed by atoms with Crippen LogP contribution in [-0.2, 0) is 5.41 Å². The van der Waals surface area contributed by atoms with E-state index < -0.39 is 5.41 Å². The summed E-state index contributed by atoms with van der Waals surface area (Å²) in [7, 11) is 0. The molecule has 290 valence electrons. The van der Waals surface area contributed by atoms with Crippen molar-refractivity contribution in [2.24, 2.45) is 0 Å². The molecule has 1 aliphatic carbocycles. The van der Waals surface area contributed by atoms with E-state index in [1.807, 2.05) is 0 Å². The lowest BCUT2D eigenvalue weighted by atomic mass is 9.66. The third-order valence-electron chi connectivity index (χ3n) is 12.8. The lowest BCUT2D eigenvalue weighted by molar-refractivity contribution is 0.436. The van der Waals surface area contributed by atoms with Gasteiger partial charge in [-0.1, -0.05) is 133 Å². The van der Waals surface area contributed by atoms with Crippen LogP contribution in [0.25, 0.3) is 78.5 Å². The SMILES string of the molecule is c1ccc(-n2c(-c3cc(-c4ccc5c(c4)C4(c6ccccc6Oc6ccccc64)c4ccccc4-5)cc(-c4nc5ccccc5n4-c4ccccc4)c3)nc3ccccc32)cc1. The number of hydrogen-bond acceptors (Lipinski definition) is 3. The predicted octanol–water partition coefficient (Wildman–Crippen LogP) is 13.8. The van der Waals surface area contributed by atoms with Gasteiger partial charge in [0.05, 0.1) is 27.5 Å². The first-order valence-electron chi connectivity index (χ1n) is 21.1. The van der Waals surface area contributed by atoms with Gasteiger partial charge in [-0.15, -0.1) is 0 Å². The second kappa shape index (κ2) is 13.4. The number of fused-ring (bicyclic) bond motifs is 11. The summed E-state index contributed by atoms with van der Waals surface area (Å²) in [6.45, 7) is 0. The Balaban J connectivity index is 1.11. The van der Waals surface area contributed by atoms with E-state index in [4.69, 9.17) is 14.7 Å². The molecule has 0 saturated carbocycles. The molecule has 62 heavy (non-hydrogen) atoms. The first-order valence-corrected chi connectivity index (χ1v) is 21.1. The molecule has 9 aromatic carbocycles. The van der Waals surface area contributed by atoms with Crippen LogP contribution in [-0.4, -0.2) is 19.1 Å². The van der Waals surface area contributed by atoms with Gasteiger partial charge in [-0.05, 0) is 118 Å². The van der Waals surface area contributed by atoms with Crippen molar-refractivity contribution in [2.75, 3.05) is 0 Å². The van der Waals surface area contributed by atoms with Crippen LogP contribution < -0.4 is 4.74 Å². The number of hydrogen-bond donors (Lipinski definition) is 0. The number of aromatic nitrogens is 4. The van der Waals surface area contributed by atoms with Crippen LogP contribution in [0, 0.1) is 0 Å². The normalized spacial score (nSPS) is 13.1. The van der Waals surface area contributed by atoms with Gasteiger partial charge in [0.25, 0.3) is 0 Å². The van der Waals surface area contributed by atoms with E-state index in [9.17, 15) is 0 Å². The fourth-order valence-corrected chi connectivity index (χ4v) is 10.2. The zero-order valence-corrected chi connectivity index (χ0v) is 33.5. The standard InChI is InChI=1S/C57H36N4O/c1-3-17-41(18-4-1)60-51-27-13-11-25-49(51)58-55(60)39-33-38(34-40(35-39)56-59-50-26-12-14-28-52(50)61(56)42-19-5-2-6-20-42)37-31-32-44-43-21-7-8-22-45(43)57(48(44)36-37)46-23-9-15-29-53(46)62-54-30-16-10-24-47(54)57/h1-36H. The fourth-order valence-electron chi connectivity index (χ4n) is 10.2. The number of imidazole rings is 2. The van der Waals surface area contributed by atoms with E-state index in [2.05, 4.69) is 228 Å². The van der Waals surface area contributed by atoms with Gasteiger partial charge in [-0.25, -0.2) is 9.97 Å². The molecule has 0 N–H and O–H groups in total. The maximum absolute atomic E-state index is 6.67. The molecule has 0 fully saturated rings. The van der Waals surface area contributed by atoms with Gasteiger partial charge < -0.3 is 4.74 Å². The molecule has 0 unspecified atom stereocenters. The summed E-state index contributed by atoms with van der Waals surface area (Å²) in [4.78, 5) is 10.8. The topological polar surface area (TPSA) is 44.9 Å². The molecule has 2 aromatic heterocycles. The van der Waals surface area contributed by atoms with Crippen molar-refractivity contribution in [1.82, 2.24) is 19.1 Å². The first-order chi connectivity index (χ1) is 30.7. The molecule has 3 heterocycles. The smallest absolute Gasteiger partial charge is 0.145 e. The second-order valence-electron chi connectivity index (χ2n) is 16.1. The largest absolute Gasteiger partial charge is 0.457 e. The Morgan fingerprint density at radius 3 is 1.37 bits per heavy atom. The maximum Gasteiger partial charge on any atom is 0.145 e. The predicted molar refractivity (Wildman–Crippen MR) is 249 cm³/mol. The zero-order valence-electron chi connectivity index (χ0n) is 33.5. The van der Waals surface area contributed by atoms with Crippen LogP contribution in [0.5, 0.6) is 11.5 Å². The molecule has 1 aliphatic heterocycles. The van der Waals surface area contributed by atoms with Crippen LogP contribution in [0.2, 0.25) is 0 Å². The Labute approximate surface area is 358 Å². The van der Waals surface area contributed by atoms with Crippen molar-refractivity contribution in [3.05, 3.63) is 241 Å². The average Bonchev–Trinajstić information content (AvgIpc) is 4.02. The van der Waals surface area contributed by atoms with E-state index in [0.29, 0.717) is 0 Å². The summed E-state index contributed by atoms with van der Waals surface area (Å²) in [6, 6.07) is 77.7. The minimum atomic E-state index is -0.587. The van der Waals surface area contributed by atoms with Gasteiger partial charge in [0.2, 0.25) is 0 Å². The van der Waals surface area contributed by atoms with E-state index in [-0.39, 0.29) is 0 Å². The Bertz CT molecular complexity index is 3380. The summed E-state index contributed by atoms with van der Waals surface area (Å²) in [5.74, 6) is 3.48. The molecule has 0 atom stereocenters. The fraction of sp³-hybridized carbons (Fsp3) is 0.0175. The zero-order chi connectivity index (χ0) is 40.8. The van der Waals surface area contributed by atoms with Gasteiger partial charge in [-0.2, -0.15) is 0 Å². The highest BCUT2D eigenvalue weighted by molar-refractivity contribution is 5.92. The molecule has 5 heteroatoms. The second-order valence-corrected chi connectivity index (χ2v) is 16.1. The molecule has 5 nitrogen and oxygen atoms in total. The number of rotatable bonds is 5. The van der Waals surface area contributed by atoms with E-state index in [1.54, 1.807) is 0 Å². The molecular weight excluding hydrogens is 757 g/mol. The molecule has 0 radical (unpaired) electrons. The number of para-hydroxylation sites is 8. The van der Waals surface area contributed by atoms with Crippen molar-refractivity contribution < 1.29 is 4.74 Å². The molecule has 2 aliphatic rings. The lowest BCUT2D eigenvalue weighted by Crippen LogP contribution is -2.32. The molecular formula is C57H36N4O. The van der Waals surface area contributed by atoms with E-state index in [1.165, 1.54) is 22.3 Å². The summed E-state index contributed by atoms with van der Waals surface area (Å²) < 4.78 is 11.2. The average molecular weight is 793 g/mol. The molecule has 0 saturated heterocycles. The quantitative estimate of drug-likeness (QED) is 0.174. The lowest BCUT2D eigenvalue weighted by Gasteiger charge is -2.39. The van der Waals surface area contributed by atoms with Crippen LogP contribution in [0.3, 0.4) is 0 Å². The van der Waals surface area contributed by atoms with Crippen molar-refractivity contribution in [3.8, 4) is 67.9 Å². The van der Waals surface area contributed by atoms with E-state index in [0.717, 1.165) is 90.0 Å². The van der Waals surface area contributed by atoms with Crippen molar-refractivity contribution in [1.29, 1.82) is 0 Å². The number of benzene rings is 9. The van der Waals surface area contributed by atoms with Crippen LogP contribution in [0.1, 0.15) is 22.3 Å². The van der Waals surface area contributed by atoms with Crippen LogP contribution in [0.15, 0.2) is 218 Å². The number of nitrogens with zero attached hydrogens (tertiary/aromatic N) is 4. The Kier molecular flexibility index (Phi) is 7.45. The number of ether oxygens (including phenoxy) is 1. The third-order valence-corrected chi connectivity index (χ3v) is 12.8. The molecule has 0 amide bonds. The Morgan fingerprint density at radius 2 is 0.790 bits per heavy atom. The minimum Gasteiger partial charge on any atom is -0.457 e. The van der Waals surface area contributed by atoms with Gasteiger partial charge in [-0.3, -0.25) is 9.13 Å². The van der Waals surface area contributed by atoms with E-state index >= 15 is 0 Å². The minimum absolute atomic E-state index is 0.587. The van der Waals surface area contributed by atoms with Crippen molar-refractivity contribution >= 4 is 22.1 Å². The Hall–Kier alpha value is -8.28. The summed E-state index contributed by atoms with van der Waals surface area (Å²) in [6.07, 6.45) is 0. The molecule has 11 aromatic rings. The first kappa shape index (κ1) is 34.6. The van der Waals surface area contributed by atoms with Gasteiger partial charge in [0.1, 0.15) is 23.1 Å². The molecule has 1 spiro atoms. The van der Waals surface area contributed by atoms with Crippen LogP contribution in [0.4, 0.5) is 0 Å². The van der Waals surface area contributed by atoms with Gasteiger partial charge >= 0.3 is 0 Å².